The Hall–Kier alpha value is -2.52. The predicted octanol–water partition coefficient (Wildman–Crippen LogP) is 4.34. The highest BCUT2D eigenvalue weighted by molar-refractivity contribution is 7.94. The standard InChI is InChI=1S/C21H14Cl2N2O4S2/c22-15-2-3-17-14(10-15)7-8-25(21(17)27)19-5-1-13(11-24-19)9-16(26)12-31(28,29)20-6-4-18(23)30-20/h1-8,10-11H,9,12H2. The van der Waals surface area contributed by atoms with Gasteiger partial charge in [-0.2, -0.15) is 0 Å². The summed E-state index contributed by atoms with van der Waals surface area (Å²) in [5, 5.41) is 1.78. The van der Waals surface area contributed by atoms with Crippen molar-refractivity contribution < 1.29 is 13.2 Å². The molecule has 3 aromatic heterocycles. The lowest BCUT2D eigenvalue weighted by atomic mass is 10.1. The van der Waals surface area contributed by atoms with Crippen LogP contribution in [0.25, 0.3) is 16.6 Å². The van der Waals surface area contributed by atoms with Gasteiger partial charge in [-0.25, -0.2) is 13.4 Å². The zero-order chi connectivity index (χ0) is 22.2. The highest BCUT2D eigenvalue weighted by atomic mass is 35.5. The summed E-state index contributed by atoms with van der Waals surface area (Å²) in [6.45, 7) is 0. The first kappa shape index (κ1) is 21.7. The molecule has 0 fully saturated rings. The van der Waals surface area contributed by atoms with Gasteiger partial charge >= 0.3 is 0 Å². The summed E-state index contributed by atoms with van der Waals surface area (Å²) in [5.41, 5.74) is 0.306. The van der Waals surface area contributed by atoms with E-state index < -0.39 is 21.4 Å². The minimum atomic E-state index is -3.73. The van der Waals surface area contributed by atoms with Gasteiger partial charge in [0, 0.05) is 29.2 Å². The maximum atomic E-state index is 12.7. The van der Waals surface area contributed by atoms with E-state index in [-0.39, 0.29) is 16.2 Å². The summed E-state index contributed by atoms with van der Waals surface area (Å²) in [6.07, 6.45) is 2.98. The third-order valence-corrected chi connectivity index (χ3v) is 8.25. The van der Waals surface area contributed by atoms with Crippen LogP contribution in [-0.4, -0.2) is 29.5 Å². The first-order valence-electron chi connectivity index (χ1n) is 8.99. The fraction of sp³-hybridized carbons (Fsp3) is 0.0952. The Morgan fingerprint density at radius 1 is 1.06 bits per heavy atom. The first-order valence-corrected chi connectivity index (χ1v) is 12.2. The summed E-state index contributed by atoms with van der Waals surface area (Å²) in [5.74, 6) is -0.684. The molecule has 0 saturated heterocycles. The molecule has 0 aliphatic rings. The van der Waals surface area contributed by atoms with E-state index in [9.17, 15) is 18.0 Å². The van der Waals surface area contributed by atoms with Crippen LogP contribution in [0.4, 0.5) is 0 Å². The molecule has 0 aliphatic carbocycles. The molecule has 31 heavy (non-hydrogen) atoms. The minimum absolute atomic E-state index is 0.0660. The lowest BCUT2D eigenvalue weighted by molar-refractivity contribution is -0.116. The number of nitrogens with zero attached hydrogens (tertiary/aromatic N) is 2. The number of sulfone groups is 1. The molecule has 0 amide bonds. The van der Waals surface area contributed by atoms with E-state index in [1.807, 2.05) is 0 Å². The van der Waals surface area contributed by atoms with Crippen LogP contribution in [0.2, 0.25) is 9.36 Å². The number of rotatable bonds is 6. The molecule has 0 bridgehead atoms. The van der Waals surface area contributed by atoms with E-state index in [0.717, 1.165) is 16.7 Å². The Balaban J connectivity index is 1.52. The van der Waals surface area contributed by atoms with E-state index in [1.165, 1.54) is 22.9 Å². The number of ketones is 1. The van der Waals surface area contributed by atoms with Gasteiger partial charge in [-0.1, -0.05) is 29.3 Å². The van der Waals surface area contributed by atoms with Crippen molar-refractivity contribution in [3.63, 3.8) is 0 Å². The number of fused-ring (bicyclic) bond motifs is 1. The van der Waals surface area contributed by atoms with Gasteiger partial charge in [-0.3, -0.25) is 14.2 Å². The summed E-state index contributed by atoms with van der Waals surface area (Å²) < 4.78 is 26.4. The van der Waals surface area contributed by atoms with E-state index in [2.05, 4.69) is 4.98 Å². The summed E-state index contributed by atoms with van der Waals surface area (Å²) in [6, 6.07) is 12.9. The number of thiophene rings is 1. The number of hydrogen-bond acceptors (Lipinski definition) is 6. The highest BCUT2D eigenvalue weighted by Gasteiger charge is 2.21. The van der Waals surface area contributed by atoms with E-state index in [4.69, 9.17) is 23.2 Å². The van der Waals surface area contributed by atoms with Crippen LogP contribution in [0, 0.1) is 0 Å². The topological polar surface area (TPSA) is 86.1 Å². The van der Waals surface area contributed by atoms with Crippen LogP contribution in [0.15, 0.2) is 69.9 Å². The molecule has 0 spiro atoms. The monoisotopic (exact) mass is 492 g/mol. The quantitative estimate of drug-likeness (QED) is 0.399. The Bertz CT molecular complexity index is 1460. The second-order valence-electron chi connectivity index (χ2n) is 6.78. The average molecular weight is 493 g/mol. The van der Waals surface area contributed by atoms with Crippen molar-refractivity contribution in [1.29, 1.82) is 0 Å². The average Bonchev–Trinajstić information content (AvgIpc) is 3.16. The molecule has 1 aromatic carbocycles. The molecule has 4 rings (SSSR count). The largest absolute Gasteiger partial charge is 0.298 e. The molecule has 0 saturated carbocycles. The van der Waals surface area contributed by atoms with Crippen molar-refractivity contribution in [1.82, 2.24) is 9.55 Å². The number of pyridine rings is 2. The first-order chi connectivity index (χ1) is 14.7. The van der Waals surface area contributed by atoms with Crippen LogP contribution < -0.4 is 5.56 Å². The molecule has 0 aliphatic heterocycles. The van der Waals surface area contributed by atoms with E-state index in [1.54, 1.807) is 42.6 Å². The number of hydrogen-bond donors (Lipinski definition) is 0. The van der Waals surface area contributed by atoms with Gasteiger partial charge in [0.25, 0.3) is 5.56 Å². The number of benzene rings is 1. The molecule has 4 aromatic rings. The number of aromatic nitrogens is 2. The van der Waals surface area contributed by atoms with Crippen LogP contribution >= 0.6 is 34.5 Å². The summed E-state index contributed by atoms with van der Waals surface area (Å²) in [4.78, 5) is 29.3. The smallest absolute Gasteiger partial charge is 0.264 e. The zero-order valence-corrected chi connectivity index (χ0v) is 18.9. The molecule has 0 unspecified atom stereocenters. The highest BCUT2D eigenvalue weighted by Crippen LogP contribution is 2.26. The van der Waals surface area contributed by atoms with Gasteiger partial charge in [0.1, 0.15) is 15.8 Å². The molecule has 158 valence electrons. The van der Waals surface area contributed by atoms with Crippen LogP contribution in [-0.2, 0) is 21.1 Å². The molecule has 0 radical (unpaired) electrons. The van der Waals surface area contributed by atoms with Crippen molar-refractivity contribution in [2.75, 3.05) is 5.75 Å². The normalized spacial score (nSPS) is 11.7. The van der Waals surface area contributed by atoms with Crippen LogP contribution in [0.5, 0.6) is 0 Å². The molecule has 0 N–H and O–H groups in total. The molecular formula is C21H14Cl2N2O4S2. The molecular weight excluding hydrogens is 479 g/mol. The number of carbonyl (C=O) groups is 1. The Kier molecular flexibility index (Phi) is 5.98. The van der Waals surface area contributed by atoms with E-state index in [0.29, 0.717) is 26.1 Å². The Morgan fingerprint density at radius 2 is 1.87 bits per heavy atom. The van der Waals surface area contributed by atoms with Gasteiger partial charge in [-0.15, -0.1) is 11.3 Å². The van der Waals surface area contributed by atoms with E-state index >= 15 is 0 Å². The fourth-order valence-electron chi connectivity index (χ4n) is 3.09. The number of halogens is 2. The van der Waals surface area contributed by atoms with Gasteiger partial charge in [-0.05, 0) is 53.4 Å². The maximum absolute atomic E-state index is 12.7. The molecule has 3 heterocycles. The van der Waals surface area contributed by atoms with Crippen molar-refractivity contribution in [3.8, 4) is 5.82 Å². The predicted molar refractivity (Wildman–Crippen MR) is 122 cm³/mol. The Morgan fingerprint density at radius 3 is 2.55 bits per heavy atom. The van der Waals surface area contributed by atoms with Gasteiger partial charge < -0.3 is 0 Å². The second-order valence-corrected chi connectivity index (χ2v) is 11.1. The molecule has 10 heteroatoms. The van der Waals surface area contributed by atoms with Crippen molar-refractivity contribution in [2.45, 2.75) is 10.6 Å². The van der Waals surface area contributed by atoms with Crippen molar-refractivity contribution in [3.05, 3.63) is 86.2 Å². The number of carbonyl (C=O) groups excluding carboxylic acids is 1. The maximum Gasteiger partial charge on any atom is 0.264 e. The third kappa shape index (κ3) is 4.72. The third-order valence-electron chi connectivity index (χ3n) is 4.53. The lowest BCUT2D eigenvalue weighted by Crippen LogP contribution is -2.19. The lowest BCUT2D eigenvalue weighted by Gasteiger charge is -2.08. The van der Waals surface area contributed by atoms with Crippen molar-refractivity contribution in [2.24, 2.45) is 0 Å². The SMILES string of the molecule is O=C(Cc1ccc(-n2ccc3cc(Cl)ccc3c2=O)nc1)CS(=O)(=O)c1ccc(Cl)s1. The van der Waals surface area contributed by atoms with Crippen molar-refractivity contribution >= 4 is 60.9 Å². The van der Waals surface area contributed by atoms with Gasteiger partial charge in [0.2, 0.25) is 0 Å². The molecule has 6 nitrogen and oxygen atoms in total. The summed E-state index contributed by atoms with van der Waals surface area (Å²) in [7, 11) is -3.73. The second kappa shape index (κ2) is 8.55. The number of Topliss-reactive ketones (excluding diaryl/α,β-unsaturated/α-hetero) is 1. The molecule has 0 atom stereocenters. The minimum Gasteiger partial charge on any atom is -0.298 e. The van der Waals surface area contributed by atoms with Gasteiger partial charge in [0.15, 0.2) is 15.6 Å². The Labute approximate surface area is 191 Å². The van der Waals surface area contributed by atoms with Crippen LogP contribution in [0.1, 0.15) is 5.56 Å². The fourth-order valence-corrected chi connectivity index (χ4v) is 6.08. The summed E-state index contributed by atoms with van der Waals surface area (Å²) >= 11 is 12.7. The van der Waals surface area contributed by atoms with Gasteiger partial charge in [0.05, 0.1) is 4.34 Å². The van der Waals surface area contributed by atoms with Crippen LogP contribution in [0.3, 0.4) is 0 Å². The zero-order valence-electron chi connectivity index (χ0n) is 15.8.